The lowest BCUT2D eigenvalue weighted by atomic mass is 10.2. The van der Waals surface area contributed by atoms with E-state index in [0.717, 1.165) is 19.3 Å². The molecule has 0 saturated heterocycles. The standard InChI is InChI=1S/C16H12BrIN4O/c17-12-3-6-15(18)14(7-12)16(23)20-8-11-1-4-13(5-2-11)22-10-19-9-21-22/h1-7,9-10H,8H2,(H,20,23). The van der Waals surface area contributed by atoms with E-state index in [-0.39, 0.29) is 5.91 Å². The minimum Gasteiger partial charge on any atom is -0.348 e. The van der Waals surface area contributed by atoms with Gasteiger partial charge < -0.3 is 5.32 Å². The fraction of sp³-hybridized carbons (Fsp3) is 0.0625. The van der Waals surface area contributed by atoms with Gasteiger partial charge in [-0.3, -0.25) is 4.79 Å². The number of nitrogens with zero attached hydrogens (tertiary/aromatic N) is 3. The molecule has 7 heteroatoms. The zero-order chi connectivity index (χ0) is 16.2. The SMILES string of the molecule is O=C(NCc1ccc(-n2cncn2)cc1)c1cc(Br)ccc1I. The summed E-state index contributed by atoms with van der Waals surface area (Å²) in [5, 5.41) is 7.02. The summed E-state index contributed by atoms with van der Waals surface area (Å²) in [6.07, 6.45) is 3.14. The topological polar surface area (TPSA) is 59.8 Å². The fourth-order valence-corrected chi connectivity index (χ4v) is 3.00. The van der Waals surface area contributed by atoms with Crippen LogP contribution in [0, 0.1) is 3.57 Å². The van der Waals surface area contributed by atoms with E-state index in [4.69, 9.17) is 0 Å². The first-order valence-electron chi connectivity index (χ1n) is 6.80. The maximum atomic E-state index is 12.3. The fourth-order valence-electron chi connectivity index (χ4n) is 2.06. The molecule has 0 saturated carbocycles. The average Bonchev–Trinajstić information content (AvgIpc) is 3.10. The molecule has 116 valence electrons. The summed E-state index contributed by atoms with van der Waals surface area (Å²) in [5.74, 6) is -0.0870. The molecule has 1 heterocycles. The number of rotatable bonds is 4. The minimum absolute atomic E-state index is 0.0870. The Morgan fingerprint density at radius 3 is 2.70 bits per heavy atom. The van der Waals surface area contributed by atoms with E-state index in [1.165, 1.54) is 6.33 Å². The number of benzene rings is 2. The molecular formula is C16H12BrIN4O. The first-order chi connectivity index (χ1) is 11.1. The summed E-state index contributed by atoms with van der Waals surface area (Å²) < 4.78 is 3.50. The van der Waals surface area contributed by atoms with Gasteiger partial charge in [-0.25, -0.2) is 9.67 Å². The summed E-state index contributed by atoms with van der Waals surface area (Å²) in [6, 6.07) is 13.5. The van der Waals surface area contributed by atoms with Crippen molar-refractivity contribution >= 4 is 44.4 Å². The number of carbonyl (C=O) groups excluding carboxylic acids is 1. The van der Waals surface area contributed by atoms with Crippen molar-refractivity contribution in [2.75, 3.05) is 0 Å². The number of hydrogen-bond donors (Lipinski definition) is 1. The second-order valence-corrected chi connectivity index (χ2v) is 6.89. The smallest absolute Gasteiger partial charge is 0.252 e. The quantitative estimate of drug-likeness (QED) is 0.578. The van der Waals surface area contributed by atoms with Gasteiger partial charge in [-0.1, -0.05) is 28.1 Å². The number of aromatic nitrogens is 3. The van der Waals surface area contributed by atoms with Crippen molar-refractivity contribution < 1.29 is 4.79 Å². The highest BCUT2D eigenvalue weighted by Gasteiger charge is 2.10. The predicted molar refractivity (Wildman–Crippen MR) is 99.4 cm³/mol. The second-order valence-electron chi connectivity index (χ2n) is 4.81. The van der Waals surface area contributed by atoms with Crippen LogP contribution in [0.1, 0.15) is 15.9 Å². The largest absolute Gasteiger partial charge is 0.348 e. The van der Waals surface area contributed by atoms with E-state index in [9.17, 15) is 4.79 Å². The molecule has 23 heavy (non-hydrogen) atoms. The van der Waals surface area contributed by atoms with Crippen molar-refractivity contribution in [3.05, 3.63) is 74.3 Å². The Morgan fingerprint density at radius 1 is 1.22 bits per heavy atom. The summed E-state index contributed by atoms with van der Waals surface area (Å²) in [4.78, 5) is 16.2. The number of halogens is 2. The molecule has 3 rings (SSSR count). The van der Waals surface area contributed by atoms with Crippen LogP contribution >= 0.6 is 38.5 Å². The van der Waals surface area contributed by atoms with Crippen LogP contribution in [0.4, 0.5) is 0 Å². The van der Waals surface area contributed by atoms with Crippen LogP contribution in [0.15, 0.2) is 59.6 Å². The first-order valence-corrected chi connectivity index (χ1v) is 8.68. The maximum Gasteiger partial charge on any atom is 0.252 e. The van der Waals surface area contributed by atoms with Gasteiger partial charge in [0.1, 0.15) is 12.7 Å². The Morgan fingerprint density at radius 2 is 2.00 bits per heavy atom. The molecule has 3 aromatic rings. The van der Waals surface area contributed by atoms with Gasteiger partial charge in [0.15, 0.2) is 0 Å². The monoisotopic (exact) mass is 482 g/mol. The van der Waals surface area contributed by atoms with Crippen LogP contribution in [0.25, 0.3) is 5.69 Å². The number of nitrogens with one attached hydrogen (secondary N) is 1. The van der Waals surface area contributed by atoms with E-state index in [2.05, 4.69) is 53.9 Å². The third kappa shape index (κ3) is 3.97. The van der Waals surface area contributed by atoms with E-state index in [1.807, 2.05) is 42.5 Å². The van der Waals surface area contributed by atoms with Crippen molar-refractivity contribution in [1.29, 1.82) is 0 Å². The highest BCUT2D eigenvalue weighted by atomic mass is 127. The normalized spacial score (nSPS) is 10.5. The molecule has 1 aromatic heterocycles. The molecule has 0 radical (unpaired) electrons. The van der Waals surface area contributed by atoms with Crippen LogP contribution in [-0.2, 0) is 6.54 Å². The van der Waals surface area contributed by atoms with Crippen molar-refractivity contribution in [2.45, 2.75) is 6.54 Å². The van der Waals surface area contributed by atoms with Crippen molar-refractivity contribution in [3.63, 3.8) is 0 Å². The van der Waals surface area contributed by atoms with Gasteiger partial charge in [0, 0.05) is 14.6 Å². The molecule has 5 nitrogen and oxygen atoms in total. The molecule has 0 aliphatic rings. The minimum atomic E-state index is -0.0870. The summed E-state index contributed by atoms with van der Waals surface area (Å²) in [7, 11) is 0. The number of carbonyl (C=O) groups is 1. The summed E-state index contributed by atoms with van der Waals surface area (Å²) >= 11 is 5.55. The van der Waals surface area contributed by atoms with E-state index < -0.39 is 0 Å². The molecule has 1 amide bonds. The first kappa shape index (κ1) is 16.1. The van der Waals surface area contributed by atoms with Crippen molar-refractivity contribution in [3.8, 4) is 5.69 Å². The Hall–Kier alpha value is -1.74. The Kier molecular flexibility index (Phi) is 5.06. The molecule has 0 bridgehead atoms. The van der Waals surface area contributed by atoms with Crippen LogP contribution in [0.5, 0.6) is 0 Å². The van der Waals surface area contributed by atoms with Crippen LogP contribution in [0.3, 0.4) is 0 Å². The zero-order valence-corrected chi connectivity index (χ0v) is 15.7. The second kappa shape index (κ2) is 7.22. The number of amides is 1. The van der Waals surface area contributed by atoms with Crippen LogP contribution in [-0.4, -0.2) is 20.7 Å². The lowest BCUT2D eigenvalue weighted by Crippen LogP contribution is -2.23. The van der Waals surface area contributed by atoms with E-state index in [1.54, 1.807) is 11.0 Å². The lowest BCUT2D eigenvalue weighted by Gasteiger charge is -2.08. The van der Waals surface area contributed by atoms with Gasteiger partial charge in [0.25, 0.3) is 5.91 Å². The van der Waals surface area contributed by atoms with E-state index >= 15 is 0 Å². The van der Waals surface area contributed by atoms with Gasteiger partial charge in [0.05, 0.1) is 11.3 Å². The summed E-state index contributed by atoms with van der Waals surface area (Å²) in [6.45, 7) is 0.471. The molecular weight excluding hydrogens is 471 g/mol. The van der Waals surface area contributed by atoms with Crippen LogP contribution < -0.4 is 5.32 Å². The van der Waals surface area contributed by atoms with Crippen molar-refractivity contribution in [1.82, 2.24) is 20.1 Å². The molecule has 1 N–H and O–H groups in total. The molecule has 0 aliphatic carbocycles. The maximum absolute atomic E-state index is 12.3. The number of hydrogen-bond acceptors (Lipinski definition) is 3. The van der Waals surface area contributed by atoms with Crippen molar-refractivity contribution in [2.24, 2.45) is 0 Å². The highest BCUT2D eigenvalue weighted by Crippen LogP contribution is 2.18. The molecule has 2 aromatic carbocycles. The zero-order valence-electron chi connectivity index (χ0n) is 11.9. The third-order valence-electron chi connectivity index (χ3n) is 3.25. The van der Waals surface area contributed by atoms with Gasteiger partial charge >= 0.3 is 0 Å². The Bertz CT molecular complexity index is 819. The lowest BCUT2D eigenvalue weighted by molar-refractivity contribution is 0.0950. The van der Waals surface area contributed by atoms with Gasteiger partial charge in [0.2, 0.25) is 0 Å². The van der Waals surface area contributed by atoms with Gasteiger partial charge in [-0.2, -0.15) is 5.10 Å². The third-order valence-corrected chi connectivity index (χ3v) is 4.68. The van der Waals surface area contributed by atoms with Gasteiger partial charge in [-0.05, 0) is 58.5 Å². The molecule has 0 aliphatic heterocycles. The molecule has 0 unspecified atom stereocenters. The predicted octanol–water partition coefficient (Wildman–Crippen LogP) is 3.56. The average molecular weight is 483 g/mol. The molecule has 0 spiro atoms. The van der Waals surface area contributed by atoms with E-state index in [0.29, 0.717) is 12.1 Å². The van der Waals surface area contributed by atoms with Crippen LogP contribution in [0.2, 0.25) is 0 Å². The molecule has 0 fully saturated rings. The van der Waals surface area contributed by atoms with Gasteiger partial charge in [-0.15, -0.1) is 0 Å². The summed E-state index contributed by atoms with van der Waals surface area (Å²) in [5.41, 5.74) is 2.62. The highest BCUT2D eigenvalue weighted by molar-refractivity contribution is 14.1. The Labute approximate surface area is 155 Å². The Balaban J connectivity index is 1.66. The molecule has 0 atom stereocenters.